The van der Waals surface area contributed by atoms with Crippen molar-refractivity contribution < 1.29 is 44.0 Å². The van der Waals surface area contributed by atoms with E-state index in [0.29, 0.717) is 0 Å². The third kappa shape index (κ3) is 3.20. The van der Waals surface area contributed by atoms with Gasteiger partial charge in [-0.15, -0.1) is 0 Å². The van der Waals surface area contributed by atoms with E-state index < -0.39 is 45.1 Å². The number of aliphatic hydroxyl groups excluding tert-OH is 4. The molecule has 0 amide bonds. The molecule has 0 aromatic carbocycles. The first kappa shape index (κ1) is 14.0. The molecule has 6 N–H and O–H groups in total. The van der Waals surface area contributed by atoms with Gasteiger partial charge in [0.15, 0.2) is 6.29 Å². The lowest BCUT2D eigenvalue weighted by atomic mass is 10.00. The second kappa shape index (κ2) is 5.05. The van der Waals surface area contributed by atoms with E-state index in [1.165, 1.54) is 0 Å². The molecule has 9 nitrogen and oxygen atoms in total. The minimum absolute atomic E-state index is 0.702. The summed E-state index contributed by atoms with van der Waals surface area (Å²) in [6, 6.07) is 0. The molecule has 1 heterocycles. The minimum Gasteiger partial charge on any atom is -0.394 e. The number of hydrogen-bond donors (Lipinski definition) is 6. The SMILES string of the molecule is O=P(O)(O)OC1OC(CO)[C@@H](O)[C@H](O)[C@@H]1O. The fourth-order valence-corrected chi connectivity index (χ4v) is 1.73. The van der Waals surface area contributed by atoms with Gasteiger partial charge in [0.1, 0.15) is 24.4 Å². The summed E-state index contributed by atoms with van der Waals surface area (Å²) in [5.41, 5.74) is 0. The third-order valence-electron chi connectivity index (χ3n) is 2.09. The first-order valence-corrected chi connectivity index (χ1v) is 5.83. The number of ether oxygens (including phenoxy) is 1. The highest BCUT2D eigenvalue weighted by Crippen LogP contribution is 2.40. The van der Waals surface area contributed by atoms with Crippen LogP contribution in [0, 0.1) is 0 Å². The zero-order chi connectivity index (χ0) is 12.5. The Morgan fingerprint density at radius 3 is 2.12 bits per heavy atom. The molecule has 2 unspecified atom stereocenters. The van der Waals surface area contributed by atoms with Gasteiger partial charge in [-0.05, 0) is 0 Å². The maximum Gasteiger partial charge on any atom is 0.472 e. The fraction of sp³-hybridized carbons (Fsp3) is 1.00. The van der Waals surface area contributed by atoms with E-state index in [4.69, 9.17) is 14.9 Å². The molecular formula is C6H13O9P. The highest BCUT2D eigenvalue weighted by molar-refractivity contribution is 7.46. The van der Waals surface area contributed by atoms with E-state index in [1.54, 1.807) is 0 Å². The summed E-state index contributed by atoms with van der Waals surface area (Å²) in [6.45, 7) is -0.702. The van der Waals surface area contributed by atoms with Gasteiger partial charge in [-0.1, -0.05) is 0 Å². The largest absolute Gasteiger partial charge is 0.472 e. The van der Waals surface area contributed by atoms with Crippen LogP contribution in [0.4, 0.5) is 0 Å². The van der Waals surface area contributed by atoms with Gasteiger partial charge in [-0.2, -0.15) is 0 Å². The van der Waals surface area contributed by atoms with E-state index in [0.717, 1.165) is 0 Å². The van der Waals surface area contributed by atoms with Crippen molar-refractivity contribution >= 4 is 7.82 Å². The predicted octanol–water partition coefficient (Wildman–Crippen LogP) is -3.10. The van der Waals surface area contributed by atoms with E-state index >= 15 is 0 Å². The lowest BCUT2D eigenvalue weighted by Crippen LogP contribution is -2.58. The molecule has 16 heavy (non-hydrogen) atoms. The number of phosphoric ester groups is 1. The van der Waals surface area contributed by atoms with Crippen molar-refractivity contribution in [2.75, 3.05) is 6.61 Å². The smallest absolute Gasteiger partial charge is 0.394 e. The summed E-state index contributed by atoms with van der Waals surface area (Å²) in [5, 5.41) is 36.6. The molecule has 1 aliphatic heterocycles. The van der Waals surface area contributed by atoms with Crippen LogP contribution in [0.15, 0.2) is 0 Å². The van der Waals surface area contributed by atoms with Gasteiger partial charge in [0.25, 0.3) is 0 Å². The van der Waals surface area contributed by atoms with Gasteiger partial charge in [0.05, 0.1) is 6.61 Å². The van der Waals surface area contributed by atoms with Crippen molar-refractivity contribution in [1.82, 2.24) is 0 Å². The number of aliphatic hydroxyl groups is 4. The second-order valence-electron chi connectivity index (χ2n) is 3.29. The first-order valence-electron chi connectivity index (χ1n) is 4.30. The Hall–Kier alpha value is -0.0900. The Kier molecular flexibility index (Phi) is 4.41. The third-order valence-corrected chi connectivity index (χ3v) is 2.57. The Balaban J connectivity index is 2.75. The summed E-state index contributed by atoms with van der Waals surface area (Å²) >= 11 is 0. The van der Waals surface area contributed by atoms with Crippen molar-refractivity contribution in [2.24, 2.45) is 0 Å². The molecule has 0 aliphatic carbocycles. The Bertz CT molecular complexity index is 275. The summed E-state index contributed by atoms with van der Waals surface area (Å²) in [7, 11) is -4.91. The summed E-state index contributed by atoms with van der Waals surface area (Å²) in [6.07, 6.45) is -8.25. The molecule has 5 atom stereocenters. The fourth-order valence-electron chi connectivity index (χ4n) is 1.29. The van der Waals surface area contributed by atoms with Crippen LogP contribution >= 0.6 is 7.82 Å². The average molecular weight is 260 g/mol. The topological polar surface area (TPSA) is 157 Å². The van der Waals surface area contributed by atoms with E-state index in [9.17, 15) is 19.9 Å². The van der Waals surface area contributed by atoms with Gasteiger partial charge in [-0.3, -0.25) is 4.52 Å². The highest BCUT2D eigenvalue weighted by Gasteiger charge is 2.46. The predicted molar refractivity (Wildman–Crippen MR) is 46.9 cm³/mol. The average Bonchev–Trinajstić information content (AvgIpc) is 2.17. The molecule has 1 fully saturated rings. The van der Waals surface area contributed by atoms with Crippen molar-refractivity contribution in [3.63, 3.8) is 0 Å². The molecular weight excluding hydrogens is 247 g/mol. The second-order valence-corrected chi connectivity index (χ2v) is 4.49. The molecule has 96 valence electrons. The van der Waals surface area contributed by atoms with Crippen LogP contribution in [0.5, 0.6) is 0 Å². The van der Waals surface area contributed by atoms with Crippen molar-refractivity contribution in [2.45, 2.75) is 30.7 Å². The van der Waals surface area contributed by atoms with Gasteiger partial charge in [0, 0.05) is 0 Å². The van der Waals surface area contributed by atoms with Gasteiger partial charge in [0.2, 0.25) is 0 Å². The molecule has 0 radical (unpaired) electrons. The minimum atomic E-state index is -4.91. The van der Waals surface area contributed by atoms with Gasteiger partial charge >= 0.3 is 7.82 Å². The number of hydrogen-bond acceptors (Lipinski definition) is 7. The lowest BCUT2D eigenvalue weighted by Gasteiger charge is -2.39. The van der Waals surface area contributed by atoms with Crippen LogP contribution in [0.2, 0.25) is 0 Å². The monoisotopic (exact) mass is 260 g/mol. The molecule has 0 aromatic heterocycles. The molecule has 1 rings (SSSR count). The normalized spacial score (nSPS) is 41.0. The van der Waals surface area contributed by atoms with Crippen LogP contribution < -0.4 is 0 Å². The van der Waals surface area contributed by atoms with Crippen molar-refractivity contribution in [3.05, 3.63) is 0 Å². The zero-order valence-corrected chi connectivity index (χ0v) is 8.84. The van der Waals surface area contributed by atoms with Crippen LogP contribution in [-0.2, 0) is 13.8 Å². The maximum absolute atomic E-state index is 10.5. The maximum atomic E-state index is 10.5. The molecule has 0 saturated carbocycles. The van der Waals surface area contributed by atoms with Crippen molar-refractivity contribution in [1.29, 1.82) is 0 Å². The van der Waals surface area contributed by atoms with Gasteiger partial charge in [-0.25, -0.2) is 4.57 Å². The van der Waals surface area contributed by atoms with Crippen LogP contribution in [0.1, 0.15) is 0 Å². The quantitative estimate of drug-likeness (QED) is 0.289. The number of phosphoric acid groups is 1. The molecule has 0 bridgehead atoms. The molecule has 0 aromatic rings. The Morgan fingerprint density at radius 1 is 1.12 bits per heavy atom. The van der Waals surface area contributed by atoms with E-state index in [2.05, 4.69) is 9.26 Å². The summed E-state index contributed by atoms with van der Waals surface area (Å²) in [5.74, 6) is 0. The molecule has 0 spiro atoms. The Morgan fingerprint density at radius 2 is 1.69 bits per heavy atom. The van der Waals surface area contributed by atoms with E-state index in [1.807, 2.05) is 0 Å². The standard InChI is InChI=1S/C6H13O9P/c7-1-2-3(8)4(9)5(10)6(14-2)15-16(11,12)13/h2-10H,1H2,(H2,11,12,13)/t2?,3-,4+,5+,6?/m1/s1. The van der Waals surface area contributed by atoms with Crippen LogP contribution in [-0.4, -0.2) is 67.5 Å². The van der Waals surface area contributed by atoms with Crippen LogP contribution in [0.25, 0.3) is 0 Å². The van der Waals surface area contributed by atoms with Gasteiger partial charge < -0.3 is 34.9 Å². The Labute approximate surface area is 90.1 Å². The van der Waals surface area contributed by atoms with Crippen molar-refractivity contribution in [3.8, 4) is 0 Å². The summed E-state index contributed by atoms with van der Waals surface area (Å²) < 4.78 is 19.2. The lowest BCUT2D eigenvalue weighted by molar-refractivity contribution is -0.280. The molecule has 1 saturated heterocycles. The first-order chi connectivity index (χ1) is 7.26. The molecule has 1 aliphatic rings. The number of rotatable bonds is 3. The zero-order valence-electron chi connectivity index (χ0n) is 7.95. The molecule has 10 heteroatoms. The summed E-state index contributed by atoms with van der Waals surface area (Å²) in [4.78, 5) is 17.0. The highest BCUT2D eigenvalue weighted by atomic mass is 31.2. The van der Waals surface area contributed by atoms with Crippen LogP contribution in [0.3, 0.4) is 0 Å². The van der Waals surface area contributed by atoms with E-state index in [-0.39, 0.29) is 0 Å².